The molecule has 0 aromatic rings. The monoisotopic (exact) mass is 289 g/mol. The van der Waals surface area contributed by atoms with Gasteiger partial charge in [-0.2, -0.15) is 0 Å². The average molecular weight is 289 g/mol. The summed E-state index contributed by atoms with van der Waals surface area (Å²) in [6.45, 7) is 11.0. The molecule has 4 heteroatoms. The maximum absolute atomic E-state index is 6.58. The minimum absolute atomic E-state index is 0. The van der Waals surface area contributed by atoms with Gasteiger partial charge in [0, 0.05) is 0 Å². The van der Waals surface area contributed by atoms with Crippen LogP contribution in [0.3, 0.4) is 0 Å². The maximum atomic E-state index is 6.58. The van der Waals surface area contributed by atoms with Crippen LogP contribution in [0.4, 0.5) is 0 Å². The number of hydrogen-bond acceptors (Lipinski definition) is 0. The molecule has 3 nitrogen and oxygen atoms in total. The topological polar surface area (TPSA) is 71.4 Å². The molecule has 0 radical (unpaired) electrons. The van der Waals surface area contributed by atoms with Gasteiger partial charge in [0.05, 0.1) is 0 Å². The Bertz CT molecular complexity index is 43.4. The summed E-state index contributed by atoms with van der Waals surface area (Å²) in [6.07, 6.45) is 0. The molecule has 0 spiro atoms. The fourth-order valence-electron chi connectivity index (χ4n) is 0. The second-order valence-electron chi connectivity index (χ2n) is 3.46. The van der Waals surface area contributed by atoms with Gasteiger partial charge >= 0.3 is 25.8 Å². The van der Waals surface area contributed by atoms with Crippen LogP contribution in [0, 0.1) is 0 Å². The molecule has 0 atom stereocenters. The summed E-state index contributed by atoms with van der Waals surface area (Å²) in [5.74, 6) is 0. The first-order chi connectivity index (χ1) is 5.20. The fraction of sp³-hybridized carbons (Fsp3) is 1.00. The third-order valence-corrected chi connectivity index (χ3v) is 0. The smallest absolute Gasteiger partial charge is 0.675 e. The molecule has 0 fully saturated rings. The van der Waals surface area contributed by atoms with Crippen molar-refractivity contribution in [1.29, 1.82) is 0 Å². The van der Waals surface area contributed by atoms with E-state index in [2.05, 4.69) is 0 Å². The van der Waals surface area contributed by atoms with Gasteiger partial charge in [-0.1, -0.05) is 41.5 Å². The Morgan fingerprint density at radius 1 is 0.538 bits per heavy atom. The molecule has 78 valence electrons. The molecule has 0 amide bonds. The molecule has 0 aliphatic carbocycles. The van der Waals surface area contributed by atoms with E-state index in [9.17, 15) is 0 Å². The first-order valence-corrected chi connectivity index (χ1v) is 4.33. The molecule has 3 N–H and O–H groups in total. The van der Waals surface area contributed by atoms with Crippen LogP contribution < -0.4 is 0 Å². The zero-order chi connectivity index (χ0) is 10.7. The second kappa shape index (κ2) is 18.5. The number of nitrogens with one attached hydrogen (secondary N) is 3. The third-order valence-electron chi connectivity index (χ3n) is 0. The quantitative estimate of drug-likeness (QED) is 0.647. The van der Waals surface area contributed by atoms with Gasteiger partial charge in [-0.25, -0.2) is 0 Å². The van der Waals surface area contributed by atoms with Gasteiger partial charge in [-0.05, 0) is 0 Å². The normalized spacial score (nSPS) is 8.31. The minimum atomic E-state index is 0. The van der Waals surface area contributed by atoms with Crippen LogP contribution in [0.2, 0.25) is 0 Å². The van der Waals surface area contributed by atoms with E-state index >= 15 is 0 Å². The molecule has 0 heterocycles. The Morgan fingerprint density at radius 2 is 0.538 bits per heavy atom. The van der Waals surface area contributed by atoms with Crippen LogP contribution in [-0.4, -0.2) is 44.0 Å². The van der Waals surface area contributed by atoms with Gasteiger partial charge < -0.3 is 17.2 Å². The summed E-state index contributed by atoms with van der Waals surface area (Å²) in [4.78, 5) is 0. The molecular weight excluding hydrogens is 265 g/mol. The van der Waals surface area contributed by atoms with Crippen LogP contribution >= 0.6 is 0 Å². The van der Waals surface area contributed by atoms with Gasteiger partial charge in [0.15, 0.2) is 0 Å². The van der Waals surface area contributed by atoms with Crippen molar-refractivity contribution < 1.29 is 0 Å². The molecule has 0 saturated carbocycles. The van der Waals surface area contributed by atoms with Crippen molar-refractivity contribution in [3.63, 3.8) is 0 Å². The van der Waals surface area contributed by atoms with E-state index in [4.69, 9.17) is 17.2 Å². The van der Waals surface area contributed by atoms with Crippen molar-refractivity contribution in [1.82, 2.24) is 0 Å². The zero-order valence-electron chi connectivity index (χ0n) is 9.81. The largest absolute Gasteiger partial charge is 3.00 e. The Morgan fingerprint density at radius 3 is 0.538 bits per heavy atom. The molecule has 0 aromatic carbocycles. The van der Waals surface area contributed by atoms with E-state index in [1.807, 2.05) is 41.5 Å². The van der Waals surface area contributed by atoms with Gasteiger partial charge in [-0.15, -0.1) is 18.1 Å². The van der Waals surface area contributed by atoms with Gasteiger partial charge in [-0.3, -0.25) is 0 Å². The molecule has 0 aromatic heterocycles. The number of rotatable bonds is 0. The van der Waals surface area contributed by atoms with E-state index in [1.165, 1.54) is 0 Å². The van der Waals surface area contributed by atoms with Gasteiger partial charge in [0.25, 0.3) is 0 Å². The van der Waals surface area contributed by atoms with Crippen LogP contribution in [0.15, 0.2) is 0 Å². The van der Waals surface area contributed by atoms with Crippen molar-refractivity contribution in [2.75, 3.05) is 0 Å². The average Bonchev–Trinajstić information content (AvgIpc) is 1.54. The summed E-state index contributed by atoms with van der Waals surface area (Å²) in [6, 6.07) is 0.250. The van der Waals surface area contributed by atoms with Gasteiger partial charge in [0.1, 0.15) is 0 Å². The summed E-state index contributed by atoms with van der Waals surface area (Å²) in [5.41, 5.74) is 19.8. The SMILES string of the molecule is CC(C)[NH-].CC(C)[NH-].CC(C)[NH-].[In+3]. The Hall–Kier alpha value is 0.750. The zero-order valence-corrected chi connectivity index (χ0v) is 13.1. The predicted molar refractivity (Wildman–Crippen MR) is 64.1 cm³/mol. The van der Waals surface area contributed by atoms with Crippen LogP contribution in [0.25, 0.3) is 17.2 Å². The Balaban J connectivity index is -0.0000000450. The van der Waals surface area contributed by atoms with Crippen molar-refractivity contribution in [2.24, 2.45) is 0 Å². The summed E-state index contributed by atoms with van der Waals surface area (Å²) in [5, 5.41) is 0. The van der Waals surface area contributed by atoms with E-state index in [0.717, 1.165) is 0 Å². The fourth-order valence-corrected chi connectivity index (χ4v) is 0. The molecule has 0 bridgehead atoms. The van der Waals surface area contributed by atoms with Crippen molar-refractivity contribution in [3.05, 3.63) is 17.2 Å². The third kappa shape index (κ3) is 2620. The Kier molecular flexibility index (Phi) is 33.5. The summed E-state index contributed by atoms with van der Waals surface area (Å²) < 4.78 is 0. The molecule has 0 aliphatic heterocycles. The number of hydrogen-bond donors (Lipinski definition) is 0. The molecule has 0 unspecified atom stereocenters. The van der Waals surface area contributed by atoms with E-state index < -0.39 is 0 Å². The molecule has 0 saturated heterocycles. The molecule has 13 heavy (non-hydrogen) atoms. The second-order valence-corrected chi connectivity index (χ2v) is 3.46. The van der Waals surface area contributed by atoms with E-state index in [1.54, 1.807) is 0 Å². The molecular formula is C9H24InN3. The van der Waals surface area contributed by atoms with Crippen molar-refractivity contribution in [2.45, 2.75) is 59.7 Å². The van der Waals surface area contributed by atoms with E-state index in [-0.39, 0.29) is 44.0 Å². The van der Waals surface area contributed by atoms with Gasteiger partial charge in [0.2, 0.25) is 0 Å². The summed E-state index contributed by atoms with van der Waals surface area (Å²) >= 11 is 0. The van der Waals surface area contributed by atoms with E-state index in [0.29, 0.717) is 0 Å². The predicted octanol–water partition coefficient (Wildman–Crippen LogP) is 3.96. The van der Waals surface area contributed by atoms with Crippen LogP contribution in [-0.2, 0) is 0 Å². The summed E-state index contributed by atoms with van der Waals surface area (Å²) in [7, 11) is 0. The van der Waals surface area contributed by atoms with Crippen molar-refractivity contribution >= 4 is 25.8 Å². The Labute approximate surface area is 103 Å². The first kappa shape index (κ1) is 23.5. The standard InChI is InChI=1S/3C3H8N.In/c3*1-3(2)4;/h3*3-4H,1-2H3;/q3*-1;+3. The minimum Gasteiger partial charge on any atom is -0.675 e. The van der Waals surface area contributed by atoms with Crippen LogP contribution in [0.1, 0.15) is 41.5 Å². The molecule has 0 rings (SSSR count). The van der Waals surface area contributed by atoms with Crippen LogP contribution in [0.5, 0.6) is 0 Å². The first-order valence-electron chi connectivity index (χ1n) is 4.33. The van der Waals surface area contributed by atoms with Crippen molar-refractivity contribution in [3.8, 4) is 0 Å². The maximum Gasteiger partial charge on any atom is 3.00 e. The molecule has 0 aliphatic rings.